The summed E-state index contributed by atoms with van der Waals surface area (Å²) in [7, 11) is 0. The normalized spacial score (nSPS) is 11.9. The maximum Gasteiger partial charge on any atom is 0.437 e. The number of alkyl halides is 5. The van der Waals surface area contributed by atoms with E-state index in [0.29, 0.717) is 0 Å². The van der Waals surface area contributed by atoms with Gasteiger partial charge in [0.15, 0.2) is 5.69 Å². The van der Waals surface area contributed by atoms with Gasteiger partial charge in [0, 0.05) is 0 Å². The summed E-state index contributed by atoms with van der Waals surface area (Å²) in [4.78, 5) is 12.9. The molecule has 0 aromatic carbocycles. The molecule has 17 heavy (non-hydrogen) atoms. The van der Waals surface area contributed by atoms with Crippen molar-refractivity contribution in [2.75, 3.05) is 0 Å². The molecule has 1 aromatic heterocycles. The van der Waals surface area contributed by atoms with E-state index < -0.39 is 41.3 Å². The van der Waals surface area contributed by atoms with Crippen molar-refractivity contribution in [3.63, 3.8) is 0 Å². The van der Waals surface area contributed by atoms with Crippen LogP contribution in [0.1, 0.15) is 28.2 Å². The van der Waals surface area contributed by atoms with Crippen molar-refractivity contribution in [3.05, 3.63) is 23.0 Å². The molecular formula is C8H4F5NO3. The molecule has 0 unspecified atom stereocenters. The summed E-state index contributed by atoms with van der Waals surface area (Å²) in [6, 6.07) is 0.0969. The number of halogens is 5. The van der Waals surface area contributed by atoms with Gasteiger partial charge < -0.3 is 10.2 Å². The van der Waals surface area contributed by atoms with E-state index >= 15 is 0 Å². The first kappa shape index (κ1) is 13.1. The number of nitrogens with zero attached hydrogens (tertiary/aromatic N) is 1. The van der Waals surface area contributed by atoms with Crippen LogP contribution in [0, 0.1) is 0 Å². The Hall–Kier alpha value is -1.93. The minimum Gasteiger partial charge on any atom is -0.506 e. The van der Waals surface area contributed by atoms with Gasteiger partial charge in [-0.25, -0.2) is 18.6 Å². The summed E-state index contributed by atoms with van der Waals surface area (Å²) < 4.78 is 61.3. The van der Waals surface area contributed by atoms with Crippen LogP contribution in [0.3, 0.4) is 0 Å². The van der Waals surface area contributed by atoms with E-state index in [4.69, 9.17) is 10.2 Å². The predicted molar refractivity (Wildman–Crippen MR) is 42.8 cm³/mol. The minimum absolute atomic E-state index is 0.0969. The molecule has 1 aromatic rings. The van der Waals surface area contributed by atoms with Crippen molar-refractivity contribution in [3.8, 4) is 5.75 Å². The summed E-state index contributed by atoms with van der Waals surface area (Å²) in [5.41, 5.74) is -4.66. The fourth-order valence-electron chi connectivity index (χ4n) is 1.06. The SMILES string of the molecule is O=C(O)c1cc(O)c(C(F)(F)F)nc1C(F)F. The lowest BCUT2D eigenvalue weighted by Gasteiger charge is -2.11. The van der Waals surface area contributed by atoms with E-state index in [9.17, 15) is 26.7 Å². The van der Waals surface area contributed by atoms with Gasteiger partial charge in [0.25, 0.3) is 6.43 Å². The molecule has 4 nitrogen and oxygen atoms in total. The van der Waals surface area contributed by atoms with E-state index in [-0.39, 0.29) is 6.07 Å². The third-order valence-electron chi connectivity index (χ3n) is 1.74. The van der Waals surface area contributed by atoms with Gasteiger partial charge in [-0.05, 0) is 6.07 Å². The van der Waals surface area contributed by atoms with Crippen LogP contribution in [-0.4, -0.2) is 21.2 Å². The van der Waals surface area contributed by atoms with Crippen LogP contribution in [0.4, 0.5) is 22.0 Å². The molecule has 0 amide bonds. The largest absolute Gasteiger partial charge is 0.506 e. The topological polar surface area (TPSA) is 70.4 Å². The van der Waals surface area contributed by atoms with Crippen LogP contribution >= 0.6 is 0 Å². The van der Waals surface area contributed by atoms with Gasteiger partial charge in [-0.3, -0.25) is 0 Å². The van der Waals surface area contributed by atoms with Crippen molar-refractivity contribution in [2.45, 2.75) is 12.6 Å². The molecular weight excluding hydrogens is 253 g/mol. The van der Waals surface area contributed by atoms with E-state index in [1.807, 2.05) is 0 Å². The van der Waals surface area contributed by atoms with Gasteiger partial charge in [-0.1, -0.05) is 0 Å². The smallest absolute Gasteiger partial charge is 0.437 e. The Labute approximate surface area is 90.3 Å². The lowest BCUT2D eigenvalue weighted by molar-refractivity contribution is -0.142. The highest BCUT2D eigenvalue weighted by Crippen LogP contribution is 2.36. The third kappa shape index (κ3) is 2.60. The van der Waals surface area contributed by atoms with Crippen molar-refractivity contribution in [2.24, 2.45) is 0 Å². The summed E-state index contributed by atoms with van der Waals surface area (Å²) in [6.07, 6.45) is -8.65. The van der Waals surface area contributed by atoms with Gasteiger partial charge in [0.2, 0.25) is 0 Å². The van der Waals surface area contributed by atoms with Gasteiger partial charge in [0.1, 0.15) is 11.4 Å². The molecule has 0 fully saturated rings. The van der Waals surface area contributed by atoms with E-state index in [1.165, 1.54) is 0 Å². The summed E-state index contributed by atoms with van der Waals surface area (Å²) >= 11 is 0. The summed E-state index contributed by atoms with van der Waals surface area (Å²) in [5.74, 6) is -3.42. The maximum absolute atomic E-state index is 12.3. The van der Waals surface area contributed by atoms with Crippen LogP contribution in [0.5, 0.6) is 5.75 Å². The molecule has 94 valence electrons. The Bertz CT molecular complexity index is 457. The second kappa shape index (κ2) is 4.15. The highest BCUT2D eigenvalue weighted by Gasteiger charge is 2.38. The average molecular weight is 257 g/mol. The Morgan fingerprint density at radius 3 is 2.24 bits per heavy atom. The van der Waals surface area contributed by atoms with E-state index in [2.05, 4.69) is 4.98 Å². The highest BCUT2D eigenvalue weighted by atomic mass is 19.4. The number of pyridine rings is 1. The summed E-state index contributed by atoms with van der Waals surface area (Å²) in [5, 5.41) is 17.4. The van der Waals surface area contributed by atoms with Gasteiger partial charge in [-0.15, -0.1) is 0 Å². The van der Waals surface area contributed by atoms with Gasteiger partial charge >= 0.3 is 12.1 Å². The quantitative estimate of drug-likeness (QED) is 0.798. The van der Waals surface area contributed by atoms with Crippen LogP contribution in [0.15, 0.2) is 6.07 Å². The number of hydrogen-bond donors (Lipinski definition) is 2. The number of rotatable bonds is 2. The zero-order valence-corrected chi connectivity index (χ0v) is 7.79. The van der Waals surface area contributed by atoms with Crippen LogP contribution < -0.4 is 0 Å². The molecule has 0 saturated heterocycles. The lowest BCUT2D eigenvalue weighted by Crippen LogP contribution is -2.14. The molecule has 0 aliphatic carbocycles. The molecule has 0 aliphatic heterocycles. The fourth-order valence-corrected chi connectivity index (χ4v) is 1.06. The number of carbonyl (C=O) groups is 1. The number of carboxylic acids is 1. The molecule has 1 heterocycles. The molecule has 2 N–H and O–H groups in total. The highest BCUT2D eigenvalue weighted by molar-refractivity contribution is 5.89. The molecule has 0 spiro atoms. The zero-order valence-electron chi connectivity index (χ0n) is 7.79. The molecule has 0 radical (unpaired) electrons. The Kier molecular flexibility index (Phi) is 3.21. The zero-order chi connectivity index (χ0) is 13.4. The molecule has 0 bridgehead atoms. The standard InChI is InChI=1S/C8H4F5NO3/c9-6(10)4-2(7(16)17)1-3(15)5(14-4)8(11,12)13/h1,6,15H,(H,16,17). The van der Waals surface area contributed by atoms with Crippen LogP contribution in [-0.2, 0) is 6.18 Å². The Balaban J connectivity index is 3.51. The first-order valence-electron chi connectivity index (χ1n) is 3.97. The second-order valence-electron chi connectivity index (χ2n) is 2.89. The molecule has 9 heteroatoms. The number of hydrogen-bond acceptors (Lipinski definition) is 3. The monoisotopic (exact) mass is 257 g/mol. The summed E-state index contributed by atoms with van der Waals surface area (Å²) in [6.45, 7) is 0. The first-order valence-corrected chi connectivity index (χ1v) is 3.97. The van der Waals surface area contributed by atoms with Crippen molar-refractivity contribution < 1.29 is 37.0 Å². The fraction of sp³-hybridized carbons (Fsp3) is 0.250. The van der Waals surface area contributed by atoms with Crippen molar-refractivity contribution in [1.29, 1.82) is 0 Å². The molecule has 0 atom stereocenters. The number of aromatic carboxylic acids is 1. The third-order valence-corrected chi connectivity index (χ3v) is 1.74. The van der Waals surface area contributed by atoms with Crippen LogP contribution in [0.25, 0.3) is 0 Å². The number of carboxylic acid groups (broad SMARTS) is 1. The van der Waals surface area contributed by atoms with E-state index in [0.717, 1.165) is 0 Å². The number of aromatic nitrogens is 1. The van der Waals surface area contributed by atoms with Crippen molar-refractivity contribution in [1.82, 2.24) is 4.98 Å². The lowest BCUT2D eigenvalue weighted by atomic mass is 10.1. The number of aromatic hydroxyl groups is 1. The molecule has 0 aliphatic rings. The van der Waals surface area contributed by atoms with Crippen LogP contribution in [0.2, 0.25) is 0 Å². The second-order valence-corrected chi connectivity index (χ2v) is 2.89. The first-order chi connectivity index (χ1) is 7.64. The molecule has 0 saturated carbocycles. The van der Waals surface area contributed by atoms with Crippen molar-refractivity contribution >= 4 is 5.97 Å². The predicted octanol–water partition coefficient (Wildman–Crippen LogP) is 2.44. The minimum atomic E-state index is -5.15. The Morgan fingerprint density at radius 2 is 1.88 bits per heavy atom. The van der Waals surface area contributed by atoms with Gasteiger partial charge in [-0.2, -0.15) is 13.2 Å². The van der Waals surface area contributed by atoms with Gasteiger partial charge in [0.05, 0.1) is 5.56 Å². The Morgan fingerprint density at radius 1 is 1.35 bits per heavy atom. The molecule has 1 rings (SSSR count). The van der Waals surface area contributed by atoms with E-state index in [1.54, 1.807) is 0 Å². The maximum atomic E-state index is 12.3. The average Bonchev–Trinajstić information content (AvgIpc) is 2.14.